The third kappa shape index (κ3) is 3.60. The van der Waals surface area contributed by atoms with Crippen molar-refractivity contribution in [2.75, 3.05) is 6.61 Å². The first-order valence-electron chi connectivity index (χ1n) is 4.06. The van der Waals surface area contributed by atoms with Gasteiger partial charge in [0.1, 0.15) is 0 Å². The summed E-state index contributed by atoms with van der Waals surface area (Å²) in [5.74, 6) is 0. The molecule has 0 atom stereocenters. The van der Waals surface area contributed by atoms with Crippen LogP contribution in [0.25, 0.3) is 0 Å². The van der Waals surface area contributed by atoms with Gasteiger partial charge in [0, 0.05) is 6.54 Å². The standard InChI is InChI=1S/C10H12NO2/c1-2-13-10(12)11-8-9-6-4-3-5-7-9/h3-7H,1-2,8H2,(H,11,12). The van der Waals surface area contributed by atoms with Crippen molar-refractivity contribution in [3.8, 4) is 0 Å². The van der Waals surface area contributed by atoms with Gasteiger partial charge >= 0.3 is 6.09 Å². The van der Waals surface area contributed by atoms with E-state index in [1.54, 1.807) is 0 Å². The van der Waals surface area contributed by atoms with Crippen LogP contribution < -0.4 is 5.32 Å². The fraction of sp³-hybridized carbons (Fsp3) is 0.200. The Morgan fingerprint density at radius 2 is 2.08 bits per heavy atom. The maximum Gasteiger partial charge on any atom is 0.407 e. The summed E-state index contributed by atoms with van der Waals surface area (Å²) in [7, 11) is 0. The summed E-state index contributed by atoms with van der Waals surface area (Å²) < 4.78 is 4.60. The average molecular weight is 178 g/mol. The highest BCUT2D eigenvalue weighted by Crippen LogP contribution is 1.96. The van der Waals surface area contributed by atoms with E-state index in [2.05, 4.69) is 17.0 Å². The van der Waals surface area contributed by atoms with E-state index in [1.165, 1.54) is 0 Å². The van der Waals surface area contributed by atoms with Crippen LogP contribution in [0.3, 0.4) is 0 Å². The molecule has 1 rings (SSSR count). The zero-order chi connectivity index (χ0) is 9.52. The highest BCUT2D eigenvalue weighted by molar-refractivity contribution is 5.67. The van der Waals surface area contributed by atoms with E-state index < -0.39 is 6.09 Å². The van der Waals surface area contributed by atoms with Gasteiger partial charge in [0.2, 0.25) is 0 Å². The average Bonchev–Trinajstić information content (AvgIpc) is 2.17. The van der Waals surface area contributed by atoms with E-state index in [-0.39, 0.29) is 6.61 Å². The molecule has 3 heteroatoms. The molecule has 13 heavy (non-hydrogen) atoms. The lowest BCUT2D eigenvalue weighted by Crippen LogP contribution is -2.23. The number of amides is 1. The number of alkyl carbamates (subject to hydrolysis) is 1. The molecule has 0 fully saturated rings. The predicted molar refractivity (Wildman–Crippen MR) is 50.0 cm³/mol. The molecule has 3 nitrogen and oxygen atoms in total. The van der Waals surface area contributed by atoms with Crippen LogP contribution in [0.15, 0.2) is 30.3 Å². The third-order valence-electron chi connectivity index (χ3n) is 1.51. The monoisotopic (exact) mass is 178 g/mol. The van der Waals surface area contributed by atoms with Crippen molar-refractivity contribution in [2.24, 2.45) is 0 Å². The maximum atomic E-state index is 10.8. The Morgan fingerprint density at radius 3 is 2.69 bits per heavy atom. The summed E-state index contributed by atoms with van der Waals surface area (Å²) in [6.45, 7) is 4.04. The fourth-order valence-corrected chi connectivity index (χ4v) is 0.914. The molecular formula is C10H12NO2. The lowest BCUT2D eigenvalue weighted by Gasteiger charge is -2.04. The van der Waals surface area contributed by atoms with Crippen molar-refractivity contribution in [1.29, 1.82) is 0 Å². The number of hydrogen-bond acceptors (Lipinski definition) is 2. The molecule has 0 aliphatic heterocycles. The lowest BCUT2D eigenvalue weighted by atomic mass is 10.2. The first kappa shape index (κ1) is 9.58. The van der Waals surface area contributed by atoms with Crippen LogP contribution in [-0.4, -0.2) is 12.7 Å². The molecule has 0 aliphatic carbocycles. The number of benzene rings is 1. The molecule has 0 aliphatic rings. The van der Waals surface area contributed by atoms with Gasteiger partial charge in [-0.1, -0.05) is 30.3 Å². The molecule has 0 heterocycles. The zero-order valence-electron chi connectivity index (χ0n) is 7.32. The molecule has 0 bridgehead atoms. The van der Waals surface area contributed by atoms with E-state index in [0.29, 0.717) is 6.54 Å². The highest BCUT2D eigenvalue weighted by Gasteiger charge is 1.98. The molecule has 0 saturated heterocycles. The van der Waals surface area contributed by atoms with Crippen molar-refractivity contribution in [2.45, 2.75) is 6.54 Å². The number of ether oxygens (including phenoxy) is 1. The third-order valence-corrected chi connectivity index (χ3v) is 1.51. The molecule has 0 spiro atoms. The van der Waals surface area contributed by atoms with E-state index in [4.69, 9.17) is 0 Å². The Hall–Kier alpha value is -1.51. The van der Waals surface area contributed by atoms with Crippen LogP contribution >= 0.6 is 0 Å². The molecule has 69 valence electrons. The van der Waals surface area contributed by atoms with Crippen LogP contribution in [0.2, 0.25) is 0 Å². The minimum Gasteiger partial charge on any atom is -0.450 e. The SMILES string of the molecule is [CH2]COC(=O)NCc1ccccc1. The Kier molecular flexibility index (Phi) is 3.82. The Bertz CT molecular complexity index is 259. The Balaban J connectivity index is 2.31. The number of hydrogen-bond donors (Lipinski definition) is 1. The molecule has 1 N–H and O–H groups in total. The van der Waals surface area contributed by atoms with Gasteiger partial charge in [-0.05, 0) is 12.5 Å². The largest absolute Gasteiger partial charge is 0.450 e. The zero-order valence-corrected chi connectivity index (χ0v) is 7.32. The fourth-order valence-electron chi connectivity index (χ4n) is 0.914. The minimum absolute atomic E-state index is 0.153. The molecule has 1 aromatic carbocycles. The second kappa shape index (κ2) is 5.19. The van der Waals surface area contributed by atoms with Gasteiger partial charge in [-0.15, -0.1) is 0 Å². The Morgan fingerprint density at radius 1 is 1.38 bits per heavy atom. The lowest BCUT2D eigenvalue weighted by molar-refractivity contribution is 0.157. The maximum absolute atomic E-state index is 10.8. The van der Waals surface area contributed by atoms with Crippen molar-refractivity contribution in [1.82, 2.24) is 5.32 Å². The molecule has 0 saturated carbocycles. The number of carbonyl (C=O) groups is 1. The van der Waals surface area contributed by atoms with Gasteiger partial charge in [0.25, 0.3) is 0 Å². The van der Waals surface area contributed by atoms with Gasteiger partial charge < -0.3 is 10.1 Å². The second-order valence-corrected chi connectivity index (χ2v) is 2.48. The van der Waals surface area contributed by atoms with Crippen molar-refractivity contribution in [3.05, 3.63) is 42.8 Å². The number of rotatable bonds is 3. The second-order valence-electron chi connectivity index (χ2n) is 2.48. The van der Waals surface area contributed by atoms with Gasteiger partial charge in [-0.3, -0.25) is 0 Å². The number of nitrogens with one attached hydrogen (secondary N) is 1. The summed E-state index contributed by atoms with van der Waals surface area (Å²) in [5.41, 5.74) is 1.04. The molecule has 0 unspecified atom stereocenters. The first-order valence-corrected chi connectivity index (χ1v) is 4.06. The van der Waals surface area contributed by atoms with Crippen molar-refractivity contribution >= 4 is 6.09 Å². The van der Waals surface area contributed by atoms with Crippen molar-refractivity contribution < 1.29 is 9.53 Å². The summed E-state index contributed by atoms with van der Waals surface area (Å²) in [6, 6.07) is 9.64. The molecule has 1 amide bonds. The molecule has 1 radical (unpaired) electrons. The van der Waals surface area contributed by atoms with Crippen LogP contribution in [0.4, 0.5) is 4.79 Å². The molecule has 1 aromatic rings. The molecule has 0 aromatic heterocycles. The van der Waals surface area contributed by atoms with E-state index in [9.17, 15) is 4.79 Å². The summed E-state index contributed by atoms with van der Waals surface area (Å²) >= 11 is 0. The highest BCUT2D eigenvalue weighted by atomic mass is 16.5. The van der Waals surface area contributed by atoms with E-state index in [1.807, 2.05) is 30.3 Å². The minimum atomic E-state index is -0.432. The van der Waals surface area contributed by atoms with E-state index in [0.717, 1.165) is 5.56 Å². The quantitative estimate of drug-likeness (QED) is 0.765. The van der Waals surface area contributed by atoms with Crippen LogP contribution in [0.1, 0.15) is 5.56 Å². The first-order chi connectivity index (χ1) is 6.33. The predicted octanol–water partition coefficient (Wildman–Crippen LogP) is 1.75. The van der Waals surface area contributed by atoms with Gasteiger partial charge in [-0.2, -0.15) is 0 Å². The smallest absolute Gasteiger partial charge is 0.407 e. The Labute approximate surface area is 77.7 Å². The summed E-state index contributed by atoms with van der Waals surface area (Å²) in [6.07, 6.45) is -0.432. The number of carbonyl (C=O) groups excluding carboxylic acids is 1. The normalized spacial score (nSPS) is 9.31. The van der Waals surface area contributed by atoms with Crippen LogP contribution in [-0.2, 0) is 11.3 Å². The van der Waals surface area contributed by atoms with Crippen molar-refractivity contribution in [3.63, 3.8) is 0 Å². The van der Waals surface area contributed by atoms with Gasteiger partial charge in [0.15, 0.2) is 0 Å². The van der Waals surface area contributed by atoms with Gasteiger partial charge in [-0.25, -0.2) is 4.79 Å². The van der Waals surface area contributed by atoms with Gasteiger partial charge in [0.05, 0.1) is 6.61 Å². The summed E-state index contributed by atoms with van der Waals surface area (Å²) in [4.78, 5) is 10.8. The topological polar surface area (TPSA) is 38.3 Å². The van der Waals surface area contributed by atoms with Crippen LogP contribution in [0, 0.1) is 6.92 Å². The molecular weight excluding hydrogens is 166 g/mol. The van der Waals surface area contributed by atoms with E-state index >= 15 is 0 Å². The van der Waals surface area contributed by atoms with Crippen LogP contribution in [0.5, 0.6) is 0 Å². The summed E-state index contributed by atoms with van der Waals surface area (Å²) in [5, 5.41) is 2.60.